The van der Waals surface area contributed by atoms with Crippen LogP contribution in [0.4, 0.5) is 5.69 Å². The van der Waals surface area contributed by atoms with Gasteiger partial charge in [-0.25, -0.2) is 0 Å². The van der Waals surface area contributed by atoms with Gasteiger partial charge < -0.3 is 9.80 Å². The number of fused-ring (bicyclic) bond motifs is 1. The summed E-state index contributed by atoms with van der Waals surface area (Å²) in [4.78, 5) is 34.5. The van der Waals surface area contributed by atoms with E-state index in [0.29, 0.717) is 12.8 Å². The first-order chi connectivity index (χ1) is 15.0. The van der Waals surface area contributed by atoms with Gasteiger partial charge in [0, 0.05) is 71.4 Å². The third kappa shape index (κ3) is 5.12. The lowest BCUT2D eigenvalue weighted by Crippen LogP contribution is -2.51. The van der Waals surface area contributed by atoms with Crippen molar-refractivity contribution in [2.24, 2.45) is 0 Å². The van der Waals surface area contributed by atoms with E-state index in [1.807, 2.05) is 24.3 Å². The molecule has 1 aromatic carbocycles. The number of anilines is 1. The van der Waals surface area contributed by atoms with Crippen LogP contribution in [0.5, 0.6) is 0 Å². The van der Waals surface area contributed by atoms with Crippen molar-refractivity contribution in [2.45, 2.75) is 63.5 Å². The summed E-state index contributed by atoms with van der Waals surface area (Å²) >= 11 is 0. The zero-order chi connectivity index (χ0) is 21.8. The largest absolute Gasteiger partial charge is 0.347 e. The molecule has 0 bridgehead atoms. The third-order valence-electron chi connectivity index (χ3n) is 7.36. The van der Waals surface area contributed by atoms with Gasteiger partial charge in [-0.2, -0.15) is 0 Å². The average molecular weight is 427 g/mol. The first kappa shape index (κ1) is 22.3. The van der Waals surface area contributed by atoms with Gasteiger partial charge in [0.2, 0.25) is 11.8 Å². The summed E-state index contributed by atoms with van der Waals surface area (Å²) in [5, 5.41) is 0. The minimum absolute atomic E-state index is 0.00145. The molecule has 1 aromatic rings. The first-order valence-electron chi connectivity index (χ1n) is 12.1. The van der Waals surface area contributed by atoms with Gasteiger partial charge in [-0.15, -0.1) is 0 Å². The number of hydrogen-bond donors (Lipinski definition) is 0. The Kier molecular flexibility index (Phi) is 7.28. The molecule has 6 heteroatoms. The van der Waals surface area contributed by atoms with Crippen LogP contribution in [0.3, 0.4) is 0 Å². The smallest absolute Gasteiger partial charge is 0.245 e. The number of para-hydroxylation sites is 1. The molecule has 3 aliphatic rings. The van der Waals surface area contributed by atoms with Crippen LogP contribution < -0.4 is 4.90 Å². The number of carbonyl (C=O) groups is 2. The molecule has 2 fully saturated rings. The van der Waals surface area contributed by atoms with Gasteiger partial charge >= 0.3 is 0 Å². The minimum Gasteiger partial charge on any atom is -0.347 e. The van der Waals surface area contributed by atoms with E-state index in [-0.39, 0.29) is 11.8 Å². The average Bonchev–Trinajstić information content (AvgIpc) is 2.96. The highest BCUT2D eigenvalue weighted by Gasteiger charge is 2.38. The summed E-state index contributed by atoms with van der Waals surface area (Å²) in [6.45, 7) is 5.10. The Balaban J connectivity index is 1.32. The molecule has 0 radical (unpaired) electrons. The molecule has 1 saturated carbocycles. The summed E-state index contributed by atoms with van der Waals surface area (Å²) in [5.74, 6) is 0.0675. The van der Waals surface area contributed by atoms with Crippen molar-refractivity contribution in [1.82, 2.24) is 14.7 Å². The summed E-state index contributed by atoms with van der Waals surface area (Å²) in [6.07, 6.45) is 9.34. The van der Waals surface area contributed by atoms with Gasteiger partial charge in [0.1, 0.15) is 6.04 Å². The van der Waals surface area contributed by atoms with E-state index in [1.165, 1.54) is 38.5 Å². The fraction of sp³-hybridized carbons (Fsp3) is 0.680. The maximum atomic E-state index is 13.3. The number of likely N-dealkylation sites (N-methyl/N-ethyl adjacent to an activating group) is 1. The molecule has 4 rings (SSSR count). The Hall–Kier alpha value is -1.92. The van der Waals surface area contributed by atoms with Crippen LogP contribution in [-0.4, -0.2) is 85.4 Å². The quantitative estimate of drug-likeness (QED) is 0.680. The lowest BCUT2D eigenvalue weighted by atomic mass is 10.1. The van der Waals surface area contributed by atoms with Crippen molar-refractivity contribution in [3.63, 3.8) is 0 Å². The molecule has 1 unspecified atom stereocenters. The highest BCUT2D eigenvalue weighted by atomic mass is 16.2. The number of hydrogen-bond acceptors (Lipinski definition) is 4. The lowest BCUT2D eigenvalue weighted by molar-refractivity contribution is -0.132. The molecular formula is C25H38N4O2. The molecule has 0 N–H and O–H groups in total. The van der Waals surface area contributed by atoms with Crippen molar-refractivity contribution in [3.05, 3.63) is 29.8 Å². The van der Waals surface area contributed by atoms with Crippen molar-refractivity contribution in [3.8, 4) is 0 Å². The topological polar surface area (TPSA) is 47.1 Å². The van der Waals surface area contributed by atoms with Crippen LogP contribution >= 0.6 is 0 Å². The Morgan fingerprint density at radius 3 is 2.32 bits per heavy atom. The Morgan fingerprint density at radius 2 is 1.65 bits per heavy atom. The number of carbonyl (C=O) groups excluding carboxylic acids is 2. The molecule has 1 atom stereocenters. The monoisotopic (exact) mass is 426 g/mol. The normalized spacial score (nSPS) is 23.4. The van der Waals surface area contributed by atoms with Crippen molar-refractivity contribution < 1.29 is 9.59 Å². The van der Waals surface area contributed by atoms with Gasteiger partial charge in [0.25, 0.3) is 0 Å². The predicted octanol–water partition coefficient (Wildman–Crippen LogP) is 2.76. The van der Waals surface area contributed by atoms with Crippen LogP contribution in [-0.2, 0) is 16.0 Å². The lowest BCUT2D eigenvalue weighted by Gasteiger charge is -2.39. The second kappa shape index (κ2) is 10.1. The van der Waals surface area contributed by atoms with E-state index in [9.17, 15) is 9.59 Å². The van der Waals surface area contributed by atoms with Crippen LogP contribution in [0, 0.1) is 0 Å². The molecular weight excluding hydrogens is 388 g/mol. The molecule has 2 amide bonds. The van der Waals surface area contributed by atoms with Crippen LogP contribution in [0.2, 0.25) is 0 Å². The standard InChI is InChI=1S/C25H38N4O2/c1-26(2)25(31)23-19-20-9-7-8-12-22(20)29(23)24(30)13-14-27-15-17-28(18-16-27)21-10-5-3-4-6-11-21/h7-9,12,21,23H,3-6,10-11,13-19H2,1-2H3. The molecule has 0 spiro atoms. The molecule has 1 saturated heterocycles. The van der Waals surface area contributed by atoms with E-state index >= 15 is 0 Å². The fourth-order valence-electron chi connectivity index (χ4n) is 5.54. The minimum atomic E-state index is -0.410. The molecule has 6 nitrogen and oxygen atoms in total. The zero-order valence-corrected chi connectivity index (χ0v) is 19.3. The third-order valence-corrected chi connectivity index (χ3v) is 7.36. The summed E-state index contributed by atoms with van der Waals surface area (Å²) in [6, 6.07) is 8.30. The number of benzene rings is 1. The SMILES string of the molecule is CN(C)C(=O)C1Cc2ccccc2N1C(=O)CCN1CCN(C2CCCCCC2)CC1. The van der Waals surface area contributed by atoms with Gasteiger partial charge in [0.05, 0.1) is 0 Å². The summed E-state index contributed by atoms with van der Waals surface area (Å²) < 4.78 is 0. The van der Waals surface area contributed by atoms with E-state index in [0.717, 1.165) is 50.0 Å². The van der Waals surface area contributed by atoms with Crippen LogP contribution in [0.1, 0.15) is 50.5 Å². The number of piperazine rings is 1. The van der Waals surface area contributed by atoms with E-state index in [1.54, 1.807) is 23.9 Å². The maximum absolute atomic E-state index is 13.3. The molecule has 1 aliphatic carbocycles. The number of rotatable bonds is 5. The second-order valence-corrected chi connectivity index (χ2v) is 9.62. The zero-order valence-electron chi connectivity index (χ0n) is 19.3. The second-order valence-electron chi connectivity index (χ2n) is 9.62. The van der Waals surface area contributed by atoms with Gasteiger partial charge in [-0.3, -0.25) is 19.4 Å². The van der Waals surface area contributed by atoms with Gasteiger partial charge in [0.15, 0.2) is 0 Å². The number of amides is 2. The predicted molar refractivity (Wildman–Crippen MR) is 124 cm³/mol. The van der Waals surface area contributed by atoms with E-state index in [4.69, 9.17) is 0 Å². The van der Waals surface area contributed by atoms with Crippen molar-refractivity contribution in [2.75, 3.05) is 51.7 Å². The maximum Gasteiger partial charge on any atom is 0.245 e. The fourth-order valence-corrected chi connectivity index (χ4v) is 5.54. The van der Waals surface area contributed by atoms with E-state index in [2.05, 4.69) is 9.80 Å². The molecule has 2 heterocycles. The van der Waals surface area contributed by atoms with Gasteiger partial charge in [-0.1, -0.05) is 43.9 Å². The molecule has 170 valence electrons. The Morgan fingerprint density at radius 1 is 0.968 bits per heavy atom. The van der Waals surface area contributed by atoms with Crippen molar-refractivity contribution in [1.29, 1.82) is 0 Å². The van der Waals surface area contributed by atoms with Crippen LogP contribution in [0.15, 0.2) is 24.3 Å². The summed E-state index contributed by atoms with van der Waals surface area (Å²) in [5.41, 5.74) is 2.00. The number of nitrogens with zero attached hydrogens (tertiary/aromatic N) is 4. The first-order valence-corrected chi connectivity index (χ1v) is 12.1. The molecule has 0 aromatic heterocycles. The van der Waals surface area contributed by atoms with E-state index < -0.39 is 6.04 Å². The van der Waals surface area contributed by atoms with Crippen LogP contribution in [0.25, 0.3) is 0 Å². The summed E-state index contributed by atoms with van der Waals surface area (Å²) in [7, 11) is 3.53. The van der Waals surface area contributed by atoms with Crippen molar-refractivity contribution >= 4 is 17.5 Å². The Labute approximate surface area is 187 Å². The Bertz CT molecular complexity index is 765. The molecule has 31 heavy (non-hydrogen) atoms. The highest BCUT2D eigenvalue weighted by molar-refractivity contribution is 6.03. The molecule has 2 aliphatic heterocycles. The highest BCUT2D eigenvalue weighted by Crippen LogP contribution is 2.33. The van der Waals surface area contributed by atoms with Gasteiger partial charge in [-0.05, 0) is 24.5 Å².